The van der Waals surface area contributed by atoms with Gasteiger partial charge in [0, 0.05) is 13.0 Å². The number of alkyl carbamates (subject to hydrolysis) is 1. The summed E-state index contributed by atoms with van der Waals surface area (Å²) in [5, 5.41) is 13.9. The lowest BCUT2D eigenvalue weighted by Crippen LogP contribution is -2.52. The first-order chi connectivity index (χ1) is 15.0. The molecule has 0 saturated heterocycles. The van der Waals surface area contributed by atoms with Crippen molar-refractivity contribution in [3.8, 4) is 5.75 Å². The van der Waals surface area contributed by atoms with Crippen LogP contribution in [-0.2, 0) is 11.3 Å². The Kier molecular flexibility index (Phi) is 7.36. The summed E-state index contributed by atoms with van der Waals surface area (Å²) in [6.45, 7) is 5.75. The quantitative estimate of drug-likeness (QED) is 0.702. The summed E-state index contributed by atoms with van der Waals surface area (Å²) >= 11 is 0. The van der Waals surface area contributed by atoms with Crippen molar-refractivity contribution in [2.24, 2.45) is 0 Å². The Morgan fingerprint density at radius 1 is 1.09 bits per heavy atom. The van der Waals surface area contributed by atoms with E-state index in [1.807, 2.05) is 11.9 Å². The SMILES string of the molecule is CN(Cc1ccc(F)cc1)[C@@H]1[C@@H](O)[C@H](Oc2ccc(F)cc2)C[C@H]1NC(=O)OC(C)(C)C. The van der Waals surface area contributed by atoms with E-state index in [2.05, 4.69) is 5.32 Å². The average molecular weight is 449 g/mol. The molecule has 1 aliphatic carbocycles. The molecule has 0 bridgehead atoms. The Hall–Kier alpha value is -2.71. The number of benzene rings is 2. The lowest BCUT2D eigenvalue weighted by atomic mass is 10.1. The number of carbonyl (C=O) groups excluding carboxylic acids is 1. The fraction of sp³-hybridized carbons (Fsp3) is 0.458. The topological polar surface area (TPSA) is 71.0 Å². The summed E-state index contributed by atoms with van der Waals surface area (Å²) in [6.07, 6.45) is -1.82. The highest BCUT2D eigenvalue weighted by Crippen LogP contribution is 2.30. The van der Waals surface area contributed by atoms with E-state index in [1.165, 1.54) is 36.4 Å². The fourth-order valence-corrected chi connectivity index (χ4v) is 3.95. The lowest BCUT2D eigenvalue weighted by molar-refractivity contribution is 0.0108. The summed E-state index contributed by atoms with van der Waals surface area (Å²) in [5.41, 5.74) is 0.195. The van der Waals surface area contributed by atoms with Crippen LogP contribution in [0.4, 0.5) is 13.6 Å². The molecule has 1 fully saturated rings. The second kappa shape index (κ2) is 9.83. The van der Waals surface area contributed by atoms with E-state index in [4.69, 9.17) is 9.47 Å². The first-order valence-electron chi connectivity index (χ1n) is 10.6. The number of nitrogens with zero attached hydrogens (tertiary/aromatic N) is 1. The molecule has 0 aromatic heterocycles. The van der Waals surface area contributed by atoms with Crippen LogP contribution in [-0.4, -0.2) is 53.0 Å². The van der Waals surface area contributed by atoms with Gasteiger partial charge in [-0.1, -0.05) is 12.1 Å². The normalized spacial score (nSPS) is 23.2. The minimum Gasteiger partial charge on any atom is -0.488 e. The zero-order valence-electron chi connectivity index (χ0n) is 18.7. The minimum atomic E-state index is -0.939. The number of amides is 1. The Morgan fingerprint density at radius 3 is 2.22 bits per heavy atom. The van der Waals surface area contributed by atoms with Crippen LogP contribution in [0.5, 0.6) is 5.75 Å². The second-order valence-electron chi connectivity index (χ2n) is 9.12. The van der Waals surface area contributed by atoms with Crippen molar-refractivity contribution in [2.75, 3.05) is 7.05 Å². The number of ether oxygens (including phenoxy) is 2. The first-order valence-corrected chi connectivity index (χ1v) is 10.6. The van der Waals surface area contributed by atoms with Gasteiger partial charge in [-0.25, -0.2) is 13.6 Å². The highest BCUT2D eigenvalue weighted by molar-refractivity contribution is 5.68. The van der Waals surface area contributed by atoms with Crippen LogP contribution in [0.3, 0.4) is 0 Å². The van der Waals surface area contributed by atoms with Gasteiger partial charge in [0.1, 0.15) is 35.2 Å². The zero-order chi connectivity index (χ0) is 23.5. The molecule has 2 aromatic rings. The van der Waals surface area contributed by atoms with Crippen molar-refractivity contribution in [2.45, 2.75) is 63.6 Å². The van der Waals surface area contributed by atoms with Gasteiger partial charge in [-0.2, -0.15) is 0 Å². The number of likely N-dealkylation sites (N-methyl/N-ethyl adjacent to an activating group) is 1. The Morgan fingerprint density at radius 2 is 1.66 bits per heavy atom. The molecule has 0 unspecified atom stereocenters. The van der Waals surface area contributed by atoms with E-state index in [9.17, 15) is 18.7 Å². The molecule has 0 radical (unpaired) electrons. The Balaban J connectivity index is 1.77. The van der Waals surface area contributed by atoms with E-state index in [0.29, 0.717) is 18.7 Å². The van der Waals surface area contributed by atoms with Gasteiger partial charge in [0.2, 0.25) is 0 Å². The predicted molar refractivity (Wildman–Crippen MR) is 116 cm³/mol. The lowest BCUT2D eigenvalue weighted by Gasteiger charge is -2.32. The molecule has 1 amide bonds. The van der Waals surface area contributed by atoms with Crippen molar-refractivity contribution < 1.29 is 28.2 Å². The summed E-state index contributed by atoms with van der Waals surface area (Å²) in [4.78, 5) is 14.3. The number of aliphatic hydroxyl groups excluding tert-OH is 1. The molecule has 2 aromatic carbocycles. The van der Waals surface area contributed by atoms with Crippen LogP contribution in [0.1, 0.15) is 32.8 Å². The van der Waals surface area contributed by atoms with Crippen molar-refractivity contribution >= 4 is 6.09 Å². The van der Waals surface area contributed by atoms with Gasteiger partial charge in [-0.3, -0.25) is 4.90 Å². The number of hydrogen-bond acceptors (Lipinski definition) is 5. The molecular weight excluding hydrogens is 418 g/mol. The standard InChI is InChI=1S/C24H30F2N2O4/c1-24(2,3)32-23(30)27-19-13-20(31-18-11-9-17(26)10-12-18)22(29)21(19)28(4)14-15-5-7-16(25)8-6-15/h5-12,19-22,29H,13-14H2,1-4H3,(H,27,30)/t19-,20-,21+,22+/m1/s1. The molecule has 1 aliphatic rings. The number of carbonyl (C=O) groups is 1. The second-order valence-corrected chi connectivity index (χ2v) is 9.12. The van der Waals surface area contributed by atoms with Crippen molar-refractivity contribution in [1.82, 2.24) is 10.2 Å². The van der Waals surface area contributed by atoms with Crippen LogP contribution in [0.2, 0.25) is 0 Å². The minimum absolute atomic E-state index is 0.325. The van der Waals surface area contributed by atoms with Gasteiger partial charge in [0.05, 0.1) is 12.1 Å². The maximum atomic E-state index is 13.3. The smallest absolute Gasteiger partial charge is 0.407 e. The maximum Gasteiger partial charge on any atom is 0.407 e. The molecule has 2 N–H and O–H groups in total. The third-order valence-corrected chi connectivity index (χ3v) is 5.29. The molecule has 4 atom stereocenters. The van der Waals surface area contributed by atoms with Crippen molar-refractivity contribution in [3.05, 3.63) is 65.7 Å². The highest BCUT2D eigenvalue weighted by Gasteiger charge is 2.47. The van der Waals surface area contributed by atoms with Crippen LogP contribution in [0.15, 0.2) is 48.5 Å². The van der Waals surface area contributed by atoms with Gasteiger partial charge < -0.3 is 19.9 Å². The molecule has 8 heteroatoms. The van der Waals surface area contributed by atoms with E-state index in [1.54, 1.807) is 32.9 Å². The molecule has 0 aliphatic heterocycles. The number of rotatable bonds is 6. The summed E-state index contributed by atoms with van der Waals surface area (Å²) in [6, 6.07) is 10.7. The van der Waals surface area contributed by atoms with E-state index < -0.39 is 36.0 Å². The molecule has 0 spiro atoms. The van der Waals surface area contributed by atoms with Gasteiger partial charge in [-0.15, -0.1) is 0 Å². The maximum absolute atomic E-state index is 13.3. The fourth-order valence-electron chi connectivity index (χ4n) is 3.95. The highest BCUT2D eigenvalue weighted by atomic mass is 19.1. The number of nitrogens with one attached hydrogen (secondary N) is 1. The number of hydrogen-bond donors (Lipinski definition) is 2. The van der Waals surface area contributed by atoms with E-state index in [-0.39, 0.29) is 11.6 Å². The molecule has 174 valence electrons. The first kappa shape index (κ1) is 23.9. The molecule has 3 rings (SSSR count). The largest absolute Gasteiger partial charge is 0.488 e. The number of halogens is 2. The van der Waals surface area contributed by atoms with Crippen molar-refractivity contribution in [1.29, 1.82) is 0 Å². The van der Waals surface area contributed by atoms with Gasteiger partial charge >= 0.3 is 6.09 Å². The Labute approximate surface area is 187 Å². The van der Waals surface area contributed by atoms with Crippen LogP contribution < -0.4 is 10.1 Å². The monoisotopic (exact) mass is 448 g/mol. The van der Waals surface area contributed by atoms with Crippen LogP contribution >= 0.6 is 0 Å². The number of aliphatic hydroxyl groups is 1. The average Bonchev–Trinajstić information content (AvgIpc) is 2.98. The Bertz CT molecular complexity index is 900. The predicted octanol–water partition coefficient (Wildman–Crippen LogP) is 3.87. The third-order valence-electron chi connectivity index (χ3n) is 5.29. The van der Waals surface area contributed by atoms with E-state index >= 15 is 0 Å². The molecule has 1 saturated carbocycles. The van der Waals surface area contributed by atoms with Crippen LogP contribution in [0, 0.1) is 11.6 Å². The van der Waals surface area contributed by atoms with Gasteiger partial charge in [0.15, 0.2) is 0 Å². The zero-order valence-corrected chi connectivity index (χ0v) is 18.7. The summed E-state index contributed by atoms with van der Waals surface area (Å²) in [7, 11) is 1.82. The third kappa shape index (κ3) is 6.40. The molecular formula is C24H30F2N2O4. The van der Waals surface area contributed by atoms with Gasteiger partial charge in [0.25, 0.3) is 0 Å². The van der Waals surface area contributed by atoms with Gasteiger partial charge in [-0.05, 0) is 69.8 Å². The molecule has 6 nitrogen and oxygen atoms in total. The van der Waals surface area contributed by atoms with Crippen LogP contribution in [0.25, 0.3) is 0 Å². The molecule has 0 heterocycles. The van der Waals surface area contributed by atoms with Crippen molar-refractivity contribution in [3.63, 3.8) is 0 Å². The summed E-state index contributed by atoms with van der Waals surface area (Å²) < 4.78 is 37.8. The molecule has 32 heavy (non-hydrogen) atoms. The summed E-state index contributed by atoms with van der Waals surface area (Å²) in [5.74, 6) is -0.284. The van der Waals surface area contributed by atoms with E-state index in [0.717, 1.165) is 5.56 Å².